The van der Waals surface area contributed by atoms with Crippen molar-refractivity contribution >= 4 is 11.9 Å². The van der Waals surface area contributed by atoms with Crippen molar-refractivity contribution in [3.8, 4) is 5.75 Å². The van der Waals surface area contributed by atoms with Crippen LogP contribution in [0.2, 0.25) is 0 Å². The van der Waals surface area contributed by atoms with Crippen molar-refractivity contribution in [2.45, 2.75) is 32.5 Å². The van der Waals surface area contributed by atoms with Crippen LogP contribution in [0, 0.1) is 5.92 Å². The summed E-state index contributed by atoms with van der Waals surface area (Å²) >= 11 is 0. The van der Waals surface area contributed by atoms with E-state index in [-0.39, 0.29) is 23.4 Å². The number of benzene rings is 2. The summed E-state index contributed by atoms with van der Waals surface area (Å²) in [6, 6.07) is 9.91. The molecule has 2 aromatic rings. The molecule has 0 aliphatic heterocycles. The van der Waals surface area contributed by atoms with Crippen LogP contribution in [-0.2, 0) is 23.9 Å². The van der Waals surface area contributed by atoms with E-state index in [4.69, 9.17) is 9.84 Å². The van der Waals surface area contributed by atoms with Gasteiger partial charge in [-0.3, -0.25) is 9.59 Å². The SMILES string of the molecule is CC[C@@H](Cc1ccc(C(=O)NCc2ccc(OC)cc2C(F)(F)F)cc1)C(=O)O. The van der Waals surface area contributed by atoms with Gasteiger partial charge < -0.3 is 15.2 Å². The Hall–Kier alpha value is -3.03. The molecule has 5 nitrogen and oxygen atoms in total. The molecule has 0 aliphatic rings. The molecule has 0 bridgehead atoms. The Kier molecular flexibility index (Phi) is 7.25. The molecular formula is C21H22F3NO4. The Balaban J connectivity index is 2.07. The smallest absolute Gasteiger partial charge is 0.416 e. The van der Waals surface area contributed by atoms with Gasteiger partial charge in [0, 0.05) is 12.1 Å². The summed E-state index contributed by atoms with van der Waals surface area (Å²) < 4.78 is 44.5. The lowest BCUT2D eigenvalue weighted by Gasteiger charge is -2.15. The minimum absolute atomic E-state index is 0.0736. The first kappa shape index (κ1) is 22.3. The quantitative estimate of drug-likeness (QED) is 0.682. The van der Waals surface area contributed by atoms with E-state index in [0.29, 0.717) is 12.8 Å². The lowest BCUT2D eigenvalue weighted by molar-refractivity contribution is -0.142. The van der Waals surface area contributed by atoms with Crippen molar-refractivity contribution in [1.29, 1.82) is 0 Å². The van der Waals surface area contributed by atoms with Crippen LogP contribution in [-0.4, -0.2) is 24.1 Å². The average Bonchev–Trinajstić information content (AvgIpc) is 2.69. The molecule has 8 heteroatoms. The highest BCUT2D eigenvalue weighted by Crippen LogP contribution is 2.34. The van der Waals surface area contributed by atoms with E-state index in [1.165, 1.54) is 31.4 Å². The van der Waals surface area contributed by atoms with Crippen LogP contribution in [0.25, 0.3) is 0 Å². The maximum Gasteiger partial charge on any atom is 0.416 e. The first-order chi connectivity index (χ1) is 13.7. The Morgan fingerprint density at radius 3 is 2.31 bits per heavy atom. The number of hydrogen-bond donors (Lipinski definition) is 2. The minimum Gasteiger partial charge on any atom is -0.497 e. The van der Waals surface area contributed by atoms with Gasteiger partial charge in [-0.2, -0.15) is 13.2 Å². The van der Waals surface area contributed by atoms with Gasteiger partial charge >= 0.3 is 12.1 Å². The van der Waals surface area contributed by atoms with Gasteiger partial charge in [0.1, 0.15) is 5.75 Å². The third-order valence-corrected chi connectivity index (χ3v) is 4.60. The molecule has 2 aromatic carbocycles. The van der Waals surface area contributed by atoms with Gasteiger partial charge in [-0.1, -0.05) is 25.1 Å². The topological polar surface area (TPSA) is 75.6 Å². The summed E-state index contributed by atoms with van der Waals surface area (Å²) in [5, 5.41) is 11.6. The number of halogens is 3. The van der Waals surface area contributed by atoms with Crippen LogP contribution < -0.4 is 10.1 Å². The normalized spacial score (nSPS) is 12.3. The van der Waals surface area contributed by atoms with E-state index < -0.39 is 29.5 Å². The van der Waals surface area contributed by atoms with Crippen LogP contribution in [0.3, 0.4) is 0 Å². The number of nitrogens with one attached hydrogen (secondary N) is 1. The number of alkyl halides is 3. The second kappa shape index (κ2) is 9.45. The fourth-order valence-corrected chi connectivity index (χ4v) is 2.86. The summed E-state index contributed by atoms with van der Waals surface area (Å²) in [5.41, 5.74) is 0.104. The zero-order chi connectivity index (χ0) is 21.6. The molecule has 2 N–H and O–H groups in total. The molecule has 0 fully saturated rings. The van der Waals surface area contributed by atoms with E-state index in [0.717, 1.165) is 11.6 Å². The number of carbonyl (C=O) groups excluding carboxylic acids is 1. The molecule has 0 spiro atoms. The number of aliphatic carboxylic acids is 1. The predicted octanol–water partition coefficient (Wildman–Crippen LogP) is 4.30. The number of carboxylic acid groups (broad SMARTS) is 1. The number of hydrogen-bond acceptors (Lipinski definition) is 3. The van der Waals surface area contributed by atoms with E-state index >= 15 is 0 Å². The second-order valence-corrected chi connectivity index (χ2v) is 6.55. The molecular weight excluding hydrogens is 387 g/mol. The van der Waals surface area contributed by atoms with Crippen LogP contribution in [0.5, 0.6) is 5.75 Å². The van der Waals surface area contributed by atoms with E-state index in [2.05, 4.69) is 5.32 Å². The first-order valence-corrected chi connectivity index (χ1v) is 8.99. The highest BCUT2D eigenvalue weighted by Gasteiger charge is 2.33. The van der Waals surface area contributed by atoms with Crippen LogP contribution in [0.1, 0.15) is 40.4 Å². The largest absolute Gasteiger partial charge is 0.497 e. The van der Waals surface area contributed by atoms with Crippen molar-refractivity contribution in [2.75, 3.05) is 7.11 Å². The number of rotatable bonds is 8. The molecule has 1 atom stereocenters. The van der Waals surface area contributed by atoms with Crippen molar-refractivity contribution < 1.29 is 32.6 Å². The number of carbonyl (C=O) groups is 2. The standard InChI is InChI=1S/C21H22F3NO4/c1-3-14(20(27)28)10-13-4-6-15(7-5-13)19(26)25-12-16-8-9-17(29-2)11-18(16)21(22,23)24/h4-9,11,14H,3,10,12H2,1-2H3,(H,25,26)(H,27,28)/t14-/m0/s1. The third-order valence-electron chi connectivity index (χ3n) is 4.60. The molecule has 29 heavy (non-hydrogen) atoms. The van der Waals surface area contributed by atoms with Crippen molar-refractivity contribution in [3.05, 3.63) is 64.7 Å². The summed E-state index contributed by atoms with van der Waals surface area (Å²) in [5.74, 6) is -1.83. The highest BCUT2D eigenvalue weighted by molar-refractivity contribution is 5.94. The Labute approximate surface area is 166 Å². The number of carboxylic acids is 1. The summed E-state index contributed by atoms with van der Waals surface area (Å²) in [6.07, 6.45) is -3.74. The van der Waals surface area contributed by atoms with Crippen LogP contribution >= 0.6 is 0 Å². The maximum atomic E-state index is 13.2. The Morgan fingerprint density at radius 1 is 1.14 bits per heavy atom. The van der Waals surface area contributed by atoms with Gasteiger partial charge in [0.2, 0.25) is 0 Å². The third kappa shape index (κ3) is 5.97. The average molecular weight is 409 g/mol. The van der Waals surface area contributed by atoms with Gasteiger partial charge in [0.05, 0.1) is 18.6 Å². The molecule has 2 rings (SSSR count). The summed E-state index contributed by atoms with van der Waals surface area (Å²) in [6.45, 7) is 1.49. The van der Waals surface area contributed by atoms with Gasteiger partial charge in [0.15, 0.2) is 0 Å². The Bertz CT molecular complexity index is 863. The molecule has 0 radical (unpaired) electrons. The molecule has 156 valence electrons. The molecule has 0 unspecified atom stereocenters. The van der Waals surface area contributed by atoms with Gasteiger partial charge in [-0.25, -0.2) is 0 Å². The lowest BCUT2D eigenvalue weighted by Crippen LogP contribution is -2.24. The fourth-order valence-electron chi connectivity index (χ4n) is 2.86. The van der Waals surface area contributed by atoms with Crippen LogP contribution in [0.4, 0.5) is 13.2 Å². The lowest BCUT2D eigenvalue weighted by atomic mass is 9.96. The number of amides is 1. The highest BCUT2D eigenvalue weighted by atomic mass is 19.4. The number of methoxy groups -OCH3 is 1. The van der Waals surface area contributed by atoms with E-state index in [9.17, 15) is 22.8 Å². The summed E-state index contributed by atoms with van der Waals surface area (Å²) in [4.78, 5) is 23.4. The van der Waals surface area contributed by atoms with E-state index in [1.54, 1.807) is 19.1 Å². The predicted molar refractivity (Wildman–Crippen MR) is 101 cm³/mol. The molecule has 0 aromatic heterocycles. The van der Waals surface area contributed by atoms with Gasteiger partial charge in [-0.15, -0.1) is 0 Å². The number of ether oxygens (including phenoxy) is 1. The van der Waals surface area contributed by atoms with Crippen LogP contribution in [0.15, 0.2) is 42.5 Å². The zero-order valence-corrected chi connectivity index (χ0v) is 16.0. The minimum atomic E-state index is -4.57. The van der Waals surface area contributed by atoms with Gasteiger partial charge in [-0.05, 0) is 48.2 Å². The maximum absolute atomic E-state index is 13.2. The summed E-state index contributed by atoms with van der Waals surface area (Å²) in [7, 11) is 1.28. The van der Waals surface area contributed by atoms with Crippen molar-refractivity contribution in [1.82, 2.24) is 5.32 Å². The van der Waals surface area contributed by atoms with Crippen molar-refractivity contribution in [3.63, 3.8) is 0 Å². The molecule has 1 amide bonds. The second-order valence-electron chi connectivity index (χ2n) is 6.55. The van der Waals surface area contributed by atoms with Crippen molar-refractivity contribution in [2.24, 2.45) is 5.92 Å². The van der Waals surface area contributed by atoms with E-state index in [1.807, 2.05) is 0 Å². The monoisotopic (exact) mass is 409 g/mol. The zero-order valence-electron chi connectivity index (χ0n) is 16.0. The molecule has 0 saturated carbocycles. The van der Waals surface area contributed by atoms with Gasteiger partial charge in [0.25, 0.3) is 5.91 Å². The first-order valence-electron chi connectivity index (χ1n) is 8.99. The fraction of sp³-hybridized carbons (Fsp3) is 0.333. The molecule has 0 heterocycles. The molecule has 0 aliphatic carbocycles. The molecule has 0 saturated heterocycles. The Morgan fingerprint density at radius 2 is 1.79 bits per heavy atom.